The van der Waals surface area contributed by atoms with E-state index in [9.17, 15) is 22.8 Å². The van der Waals surface area contributed by atoms with E-state index in [0.29, 0.717) is 67.1 Å². The van der Waals surface area contributed by atoms with Gasteiger partial charge in [0.05, 0.1) is 24.8 Å². The first-order valence-electron chi connectivity index (χ1n) is 16.5. The van der Waals surface area contributed by atoms with E-state index in [-0.39, 0.29) is 30.9 Å². The van der Waals surface area contributed by atoms with Crippen LogP contribution in [0, 0.1) is 5.92 Å². The van der Waals surface area contributed by atoms with Crippen LogP contribution in [-0.2, 0) is 30.8 Å². The van der Waals surface area contributed by atoms with E-state index in [1.165, 1.54) is 19.3 Å². The molecule has 4 N–H and O–H groups in total. The molecule has 5 rings (SSSR count). The molecule has 47 heavy (non-hydrogen) atoms. The number of aromatic nitrogens is 1. The van der Waals surface area contributed by atoms with Gasteiger partial charge in [0.2, 0.25) is 27.6 Å². The van der Waals surface area contributed by atoms with E-state index in [0.717, 1.165) is 19.1 Å². The van der Waals surface area contributed by atoms with E-state index >= 15 is 0 Å². The molecule has 2 fully saturated rings. The Morgan fingerprint density at radius 2 is 1.81 bits per heavy atom. The zero-order chi connectivity index (χ0) is 33.4. The van der Waals surface area contributed by atoms with Crippen molar-refractivity contribution < 1.29 is 32.0 Å². The maximum absolute atomic E-state index is 13.9. The summed E-state index contributed by atoms with van der Waals surface area (Å²) >= 11 is 0. The van der Waals surface area contributed by atoms with Crippen LogP contribution in [0.15, 0.2) is 52.9 Å². The number of sulfonamides is 1. The first kappa shape index (κ1) is 34.5. The van der Waals surface area contributed by atoms with Gasteiger partial charge in [-0.25, -0.2) is 13.4 Å². The highest BCUT2D eigenvalue weighted by Crippen LogP contribution is 2.28. The lowest BCUT2D eigenvalue weighted by molar-refractivity contribution is -0.138. The molecule has 0 radical (unpaired) electrons. The van der Waals surface area contributed by atoms with Crippen molar-refractivity contribution in [3.63, 3.8) is 0 Å². The third kappa shape index (κ3) is 9.61. The molecule has 0 unspecified atom stereocenters. The van der Waals surface area contributed by atoms with Crippen molar-refractivity contribution in [1.29, 1.82) is 0 Å². The molecule has 12 nitrogen and oxygen atoms in total. The van der Waals surface area contributed by atoms with Gasteiger partial charge in [-0.05, 0) is 74.4 Å². The maximum atomic E-state index is 13.9. The van der Waals surface area contributed by atoms with Gasteiger partial charge in [-0.15, -0.1) is 0 Å². The van der Waals surface area contributed by atoms with Crippen molar-refractivity contribution in [2.24, 2.45) is 11.7 Å². The number of hydrogen-bond donors (Lipinski definition) is 3. The summed E-state index contributed by atoms with van der Waals surface area (Å²) in [5, 5.41) is 2.92. The second kappa shape index (κ2) is 15.9. The molecule has 2 heterocycles. The number of carbonyl (C=O) groups excluding carboxylic acids is 3. The number of rotatable bonds is 15. The number of para-hydroxylation sites is 2. The molecule has 2 aliphatic rings. The summed E-state index contributed by atoms with van der Waals surface area (Å²) in [5.41, 5.74) is 7.80. The number of nitrogens with one attached hydrogen (secondary N) is 2. The van der Waals surface area contributed by atoms with E-state index in [1.807, 2.05) is 0 Å². The molecule has 2 amide bonds. The van der Waals surface area contributed by atoms with Gasteiger partial charge < -0.3 is 25.1 Å². The Bertz CT molecular complexity index is 1600. The number of Topliss-reactive ketones (excluding diaryl/α,β-unsaturated/α-hetero) is 1. The topological polar surface area (TPSA) is 174 Å². The Morgan fingerprint density at radius 3 is 2.51 bits per heavy atom. The molecule has 1 aliphatic carbocycles. The molecule has 0 spiro atoms. The lowest BCUT2D eigenvalue weighted by Crippen LogP contribution is -2.51. The van der Waals surface area contributed by atoms with E-state index in [1.54, 1.807) is 53.4 Å². The lowest BCUT2D eigenvalue weighted by Gasteiger charge is -2.26. The molecular weight excluding hydrogens is 622 g/mol. The Hall–Kier alpha value is -3.81. The molecule has 3 aromatic rings. The fraction of sp³-hybridized carbons (Fsp3) is 0.529. The van der Waals surface area contributed by atoms with Gasteiger partial charge in [-0.2, -0.15) is 0 Å². The summed E-state index contributed by atoms with van der Waals surface area (Å²) in [6.07, 6.45) is 8.56. The highest BCUT2D eigenvalue weighted by Gasteiger charge is 2.41. The summed E-state index contributed by atoms with van der Waals surface area (Å²) in [6.45, 7) is 1.30. The molecule has 3 atom stereocenters. The number of oxazole rings is 1. The standard InChI is InChI=1S/C34H45N5O7S/c1-47(43,44)38-25-16-14-23(15-17-25)19-31(40)39-21-26(45-22-24-9-3-2-4-10-24)20-29(39)33(42)36-28(12-7-8-18-35)32(41)34-37-27-11-5-6-13-30(27)46-34/h5-6,11,13-17,24,26,28-29,38H,2-4,7-10,12,18-22,35H2,1H3,(H,36,42)/t26-,28+,29+/m1/s1. The average Bonchev–Trinajstić information content (AvgIpc) is 3.69. The number of hydrogen-bond acceptors (Lipinski definition) is 9. The normalized spacial score (nSPS) is 19.5. The first-order chi connectivity index (χ1) is 22.6. The lowest BCUT2D eigenvalue weighted by atomic mass is 9.90. The Balaban J connectivity index is 1.31. The minimum absolute atomic E-state index is 0.0139. The van der Waals surface area contributed by atoms with Crippen LogP contribution in [0.25, 0.3) is 11.1 Å². The Kier molecular flexibility index (Phi) is 11.6. The van der Waals surface area contributed by atoms with Crippen molar-refractivity contribution in [2.45, 2.75) is 82.4 Å². The van der Waals surface area contributed by atoms with Crippen LogP contribution in [0.3, 0.4) is 0 Å². The molecular formula is C34H45N5O7S. The van der Waals surface area contributed by atoms with Gasteiger partial charge in [-0.1, -0.05) is 43.5 Å². The molecule has 1 saturated carbocycles. The monoisotopic (exact) mass is 667 g/mol. The number of carbonyl (C=O) groups is 3. The van der Waals surface area contributed by atoms with Gasteiger partial charge in [0.15, 0.2) is 5.58 Å². The van der Waals surface area contributed by atoms with Crippen molar-refractivity contribution in [3.8, 4) is 0 Å². The number of ether oxygens (including phenoxy) is 1. The molecule has 254 valence electrons. The van der Waals surface area contributed by atoms with Crippen LogP contribution < -0.4 is 15.8 Å². The smallest absolute Gasteiger partial charge is 0.266 e. The highest BCUT2D eigenvalue weighted by molar-refractivity contribution is 7.92. The first-order valence-corrected chi connectivity index (χ1v) is 18.4. The summed E-state index contributed by atoms with van der Waals surface area (Å²) in [6, 6.07) is 11.9. The van der Waals surface area contributed by atoms with E-state index < -0.39 is 33.8 Å². The highest BCUT2D eigenvalue weighted by atomic mass is 32.2. The van der Waals surface area contributed by atoms with Crippen molar-refractivity contribution >= 4 is 44.4 Å². The van der Waals surface area contributed by atoms with E-state index in [4.69, 9.17) is 14.9 Å². The SMILES string of the molecule is CS(=O)(=O)Nc1ccc(CC(=O)N2C[C@H](OCC3CCCCC3)C[C@H]2C(=O)N[C@@H](CCCCN)C(=O)c2nc3ccccc3o2)cc1. The Morgan fingerprint density at radius 1 is 1.06 bits per heavy atom. The number of unbranched alkanes of at least 4 members (excludes halogenated alkanes) is 1. The number of nitrogens with two attached hydrogens (primary N) is 1. The fourth-order valence-corrected chi connectivity index (χ4v) is 6.97. The molecule has 1 saturated heterocycles. The fourth-order valence-electron chi connectivity index (χ4n) is 6.41. The van der Waals surface area contributed by atoms with Gasteiger partial charge in [0, 0.05) is 25.3 Å². The number of benzene rings is 2. The maximum Gasteiger partial charge on any atom is 0.266 e. The summed E-state index contributed by atoms with van der Waals surface area (Å²) < 4.78 is 37.6. The Labute approximate surface area is 275 Å². The summed E-state index contributed by atoms with van der Waals surface area (Å²) in [7, 11) is -3.44. The van der Waals surface area contributed by atoms with Gasteiger partial charge in [0.25, 0.3) is 5.89 Å². The zero-order valence-corrected chi connectivity index (χ0v) is 27.7. The van der Waals surface area contributed by atoms with Gasteiger partial charge in [0.1, 0.15) is 11.6 Å². The minimum Gasteiger partial charge on any atom is -0.434 e. The number of anilines is 1. The van der Waals surface area contributed by atoms with Crippen molar-refractivity contribution in [1.82, 2.24) is 15.2 Å². The predicted octanol–water partition coefficient (Wildman–Crippen LogP) is 3.80. The van der Waals surface area contributed by atoms with E-state index in [2.05, 4.69) is 15.0 Å². The number of nitrogens with zero attached hydrogens (tertiary/aromatic N) is 2. The minimum atomic E-state index is -3.44. The average molecular weight is 668 g/mol. The summed E-state index contributed by atoms with van der Waals surface area (Å²) in [5.74, 6) is -0.734. The molecule has 13 heteroatoms. The molecule has 2 aromatic carbocycles. The van der Waals surface area contributed by atoms with Crippen LogP contribution >= 0.6 is 0 Å². The van der Waals surface area contributed by atoms with Crippen molar-refractivity contribution in [3.05, 3.63) is 60.0 Å². The number of fused-ring (bicyclic) bond motifs is 1. The number of amides is 2. The second-order valence-corrected chi connectivity index (χ2v) is 14.4. The van der Waals surface area contributed by atoms with Crippen LogP contribution in [0.5, 0.6) is 0 Å². The second-order valence-electron chi connectivity index (χ2n) is 12.7. The number of ketones is 1. The third-order valence-electron chi connectivity index (χ3n) is 8.88. The third-order valence-corrected chi connectivity index (χ3v) is 9.48. The van der Waals surface area contributed by atoms with Crippen LogP contribution in [-0.4, -0.2) is 80.0 Å². The number of likely N-dealkylation sites (tertiary alicyclic amines) is 1. The van der Waals surface area contributed by atoms with Gasteiger partial charge in [-0.3, -0.25) is 19.1 Å². The van der Waals surface area contributed by atoms with Crippen LogP contribution in [0.2, 0.25) is 0 Å². The van der Waals surface area contributed by atoms with Crippen LogP contribution in [0.4, 0.5) is 5.69 Å². The quantitative estimate of drug-likeness (QED) is 0.161. The largest absolute Gasteiger partial charge is 0.434 e. The summed E-state index contributed by atoms with van der Waals surface area (Å²) in [4.78, 5) is 47.2. The molecule has 0 bridgehead atoms. The van der Waals surface area contributed by atoms with Crippen molar-refractivity contribution in [2.75, 3.05) is 30.7 Å². The van der Waals surface area contributed by atoms with Crippen LogP contribution in [0.1, 0.15) is 74.0 Å². The van der Waals surface area contributed by atoms with Gasteiger partial charge >= 0.3 is 0 Å². The zero-order valence-electron chi connectivity index (χ0n) is 26.9. The molecule has 1 aliphatic heterocycles. The predicted molar refractivity (Wildman–Crippen MR) is 178 cm³/mol. The molecule has 1 aromatic heterocycles.